The normalized spacial score (nSPS) is 13.0. The van der Waals surface area contributed by atoms with Crippen molar-refractivity contribution in [2.75, 3.05) is 0 Å². The van der Waals surface area contributed by atoms with Crippen molar-refractivity contribution >= 4 is 27.4 Å². The van der Waals surface area contributed by atoms with Crippen LogP contribution in [0.3, 0.4) is 0 Å². The molecule has 1 aromatic carbocycles. The highest BCUT2D eigenvalue weighted by molar-refractivity contribution is 7.79. The van der Waals surface area contributed by atoms with Gasteiger partial charge in [0.2, 0.25) is 0 Å². The zero-order valence-corrected chi connectivity index (χ0v) is 13.1. The van der Waals surface area contributed by atoms with E-state index in [0.717, 1.165) is 23.0 Å². The third kappa shape index (κ3) is 4.53. The summed E-state index contributed by atoms with van der Waals surface area (Å²) in [6, 6.07) is 3.72. The highest BCUT2D eigenvalue weighted by atomic mass is 32.1. The minimum absolute atomic E-state index is 0.375. The lowest BCUT2D eigenvalue weighted by Gasteiger charge is -2.13. The summed E-state index contributed by atoms with van der Waals surface area (Å²) in [5, 5.41) is 0.753. The Morgan fingerprint density at radius 3 is 2.45 bits per heavy atom. The molecule has 1 unspecified atom stereocenters. The van der Waals surface area contributed by atoms with E-state index in [9.17, 15) is 13.2 Å². The van der Waals surface area contributed by atoms with Gasteiger partial charge in [0.1, 0.15) is 0 Å². The maximum Gasteiger partial charge on any atom is 0.416 e. The van der Waals surface area contributed by atoms with Gasteiger partial charge in [-0.2, -0.15) is 25.8 Å². The Kier molecular flexibility index (Phi) is 6.09. The van der Waals surface area contributed by atoms with Crippen LogP contribution in [0.4, 0.5) is 13.2 Å². The molecule has 0 saturated carbocycles. The van der Waals surface area contributed by atoms with Gasteiger partial charge < -0.3 is 0 Å². The molecule has 1 aromatic rings. The first-order chi connectivity index (χ1) is 9.29. The van der Waals surface area contributed by atoms with Crippen LogP contribution < -0.4 is 0 Å². The Labute approximate surface area is 125 Å². The van der Waals surface area contributed by atoms with E-state index in [0.29, 0.717) is 16.9 Å². The molecule has 0 aliphatic rings. The molecule has 108 valence electrons. The largest absolute Gasteiger partial charge is 0.416 e. The third-order valence-corrected chi connectivity index (χ3v) is 3.24. The lowest BCUT2D eigenvalue weighted by atomic mass is 9.97. The summed E-state index contributed by atoms with van der Waals surface area (Å²) in [4.78, 5) is 0. The van der Waals surface area contributed by atoms with Crippen LogP contribution in [0.1, 0.15) is 23.6 Å². The molecule has 0 bridgehead atoms. The number of halogens is 3. The highest BCUT2D eigenvalue weighted by Gasteiger charge is 2.31. The predicted molar refractivity (Wildman–Crippen MR) is 85.8 cm³/mol. The average molecular weight is 316 g/mol. The molecule has 0 aliphatic carbocycles. The minimum atomic E-state index is -4.35. The molecule has 0 spiro atoms. The topological polar surface area (TPSA) is 0 Å². The van der Waals surface area contributed by atoms with E-state index in [-0.39, 0.29) is 0 Å². The number of benzene rings is 1. The molecule has 1 rings (SSSR count). The molecular formula is C15H16F3PS. The van der Waals surface area contributed by atoms with E-state index in [2.05, 4.69) is 28.4 Å². The lowest BCUT2D eigenvalue weighted by molar-refractivity contribution is -0.137. The van der Waals surface area contributed by atoms with Gasteiger partial charge in [0.25, 0.3) is 0 Å². The average Bonchev–Trinajstić information content (AvgIpc) is 2.37. The van der Waals surface area contributed by atoms with Crippen molar-refractivity contribution in [2.24, 2.45) is 0 Å². The van der Waals surface area contributed by atoms with Crippen molar-refractivity contribution in [3.8, 4) is 0 Å². The van der Waals surface area contributed by atoms with Crippen LogP contribution >= 0.6 is 21.9 Å². The summed E-state index contributed by atoms with van der Waals surface area (Å²) in [7, 11) is 2.43. The molecule has 1 atom stereocenters. The second-order valence-electron chi connectivity index (χ2n) is 4.18. The van der Waals surface area contributed by atoms with Crippen molar-refractivity contribution in [3.05, 3.63) is 65.0 Å². The van der Waals surface area contributed by atoms with Gasteiger partial charge in [-0.15, -0.1) is 9.24 Å². The minimum Gasteiger partial charge on any atom is -0.175 e. The smallest absolute Gasteiger partial charge is 0.175 e. The zero-order valence-electron chi connectivity index (χ0n) is 11.0. The first kappa shape index (κ1) is 17.1. The van der Waals surface area contributed by atoms with Gasteiger partial charge in [-0.1, -0.05) is 30.9 Å². The summed E-state index contributed by atoms with van der Waals surface area (Å²) in [6.45, 7) is 5.49. The Morgan fingerprint density at radius 1 is 1.35 bits per heavy atom. The quantitative estimate of drug-likeness (QED) is 0.424. The molecule has 0 fully saturated rings. The van der Waals surface area contributed by atoms with Gasteiger partial charge in [-0.05, 0) is 41.1 Å². The van der Waals surface area contributed by atoms with Gasteiger partial charge in [0.05, 0.1) is 5.56 Å². The number of alkyl halides is 3. The monoisotopic (exact) mass is 316 g/mol. The summed E-state index contributed by atoms with van der Waals surface area (Å²) < 4.78 is 38.4. The molecule has 0 nitrogen and oxygen atoms in total. The molecule has 0 saturated heterocycles. The SMILES string of the molecule is C=C(P)/C=C\C(=C/C)c1cc(C(F)(F)F)ccc1CS. The van der Waals surface area contributed by atoms with Crippen LogP contribution in [0.2, 0.25) is 0 Å². The molecule has 0 radical (unpaired) electrons. The fourth-order valence-corrected chi connectivity index (χ4v) is 2.07. The third-order valence-electron chi connectivity index (χ3n) is 2.71. The summed E-state index contributed by atoms with van der Waals surface area (Å²) >= 11 is 4.17. The van der Waals surface area contributed by atoms with Gasteiger partial charge >= 0.3 is 6.18 Å². The zero-order chi connectivity index (χ0) is 15.3. The molecule has 0 aliphatic heterocycles. The highest BCUT2D eigenvalue weighted by Crippen LogP contribution is 2.33. The van der Waals surface area contributed by atoms with Crippen molar-refractivity contribution in [2.45, 2.75) is 18.9 Å². The molecule has 0 N–H and O–H groups in total. The number of thiol groups is 1. The molecule has 5 heteroatoms. The fraction of sp³-hybridized carbons (Fsp3) is 0.200. The van der Waals surface area contributed by atoms with Gasteiger partial charge in [-0.3, -0.25) is 0 Å². The molecular weight excluding hydrogens is 300 g/mol. The Bertz CT molecular complexity index is 557. The number of allylic oxidation sites excluding steroid dienone is 5. The second kappa shape index (κ2) is 7.14. The first-order valence-corrected chi connectivity index (χ1v) is 7.10. The van der Waals surface area contributed by atoms with Crippen molar-refractivity contribution in [3.63, 3.8) is 0 Å². The van der Waals surface area contributed by atoms with E-state index in [1.54, 1.807) is 25.2 Å². The summed E-state index contributed by atoms with van der Waals surface area (Å²) in [5.41, 5.74) is 1.35. The molecule has 0 aromatic heterocycles. The first-order valence-electron chi connectivity index (χ1n) is 5.89. The van der Waals surface area contributed by atoms with Gasteiger partial charge in [0, 0.05) is 5.75 Å². The van der Waals surface area contributed by atoms with Crippen LogP contribution in [0.25, 0.3) is 5.57 Å². The maximum atomic E-state index is 12.8. The van der Waals surface area contributed by atoms with Crippen molar-refractivity contribution < 1.29 is 13.2 Å². The second-order valence-corrected chi connectivity index (χ2v) is 5.24. The predicted octanol–water partition coefficient (Wildman–Crippen LogP) is 5.48. The fourth-order valence-electron chi connectivity index (χ4n) is 1.70. The van der Waals surface area contributed by atoms with E-state index >= 15 is 0 Å². The maximum absolute atomic E-state index is 12.8. The number of rotatable bonds is 4. The molecule has 20 heavy (non-hydrogen) atoms. The van der Waals surface area contributed by atoms with E-state index in [1.807, 2.05) is 0 Å². The Balaban J connectivity index is 3.36. The number of hydrogen-bond donors (Lipinski definition) is 1. The van der Waals surface area contributed by atoms with Crippen LogP contribution in [-0.4, -0.2) is 0 Å². The standard InChI is InChI=1S/C15H16F3PS/c1-3-11(5-4-10(2)19)14-8-13(15(16,17)18)7-6-12(14)9-20/h3-8,20H,2,9,19H2,1H3/b5-4-,11-3+. The Morgan fingerprint density at radius 2 is 2.00 bits per heavy atom. The molecule has 0 amide bonds. The number of hydrogen-bond acceptors (Lipinski definition) is 1. The van der Waals surface area contributed by atoms with Crippen LogP contribution in [0.15, 0.2) is 48.3 Å². The summed E-state index contributed by atoms with van der Waals surface area (Å²) in [5.74, 6) is 0.375. The molecule has 0 heterocycles. The van der Waals surface area contributed by atoms with Gasteiger partial charge in [-0.25, -0.2) is 0 Å². The lowest BCUT2D eigenvalue weighted by Crippen LogP contribution is -2.06. The Hall–Kier alpha value is -0.990. The van der Waals surface area contributed by atoms with Crippen LogP contribution in [0, 0.1) is 0 Å². The van der Waals surface area contributed by atoms with Crippen LogP contribution in [0.5, 0.6) is 0 Å². The van der Waals surface area contributed by atoms with Crippen LogP contribution in [-0.2, 0) is 11.9 Å². The van der Waals surface area contributed by atoms with Crippen molar-refractivity contribution in [1.29, 1.82) is 0 Å². The summed E-state index contributed by atoms with van der Waals surface area (Å²) in [6.07, 6.45) is 0.906. The van der Waals surface area contributed by atoms with E-state index in [1.165, 1.54) is 6.07 Å². The van der Waals surface area contributed by atoms with Crippen molar-refractivity contribution in [1.82, 2.24) is 0 Å². The van der Waals surface area contributed by atoms with Gasteiger partial charge in [0.15, 0.2) is 0 Å². The van der Waals surface area contributed by atoms with E-state index < -0.39 is 11.7 Å². The van der Waals surface area contributed by atoms with E-state index in [4.69, 9.17) is 0 Å².